The number of rotatable bonds is 2. The Labute approximate surface area is 74.8 Å². The highest BCUT2D eigenvalue weighted by atomic mass is 32.2. The first-order valence-electron chi connectivity index (χ1n) is 4.04. The molecule has 1 rings (SSSR count). The van der Waals surface area contributed by atoms with Crippen molar-refractivity contribution in [1.29, 1.82) is 0 Å². The van der Waals surface area contributed by atoms with Crippen LogP contribution in [0.25, 0.3) is 0 Å². The molecule has 0 amide bonds. The van der Waals surface area contributed by atoms with E-state index >= 15 is 0 Å². The van der Waals surface area contributed by atoms with E-state index in [4.69, 9.17) is 0 Å². The number of hydrogen-bond donors (Lipinski definition) is 2. The van der Waals surface area contributed by atoms with Crippen LogP contribution in [0.2, 0.25) is 0 Å². The van der Waals surface area contributed by atoms with Crippen LogP contribution in [0, 0.1) is 0 Å². The first kappa shape index (κ1) is 10.1. The summed E-state index contributed by atoms with van der Waals surface area (Å²) in [7, 11) is -1.08. The fraction of sp³-hybridized carbons (Fsp3) is 1.00. The van der Waals surface area contributed by atoms with Gasteiger partial charge in [0.05, 0.1) is 23.2 Å². The summed E-state index contributed by atoms with van der Waals surface area (Å²) < 4.78 is 13.1. The van der Waals surface area contributed by atoms with Crippen LogP contribution < -0.4 is 0 Å². The molecule has 1 aliphatic rings. The molecule has 1 heterocycles. The Bertz CT molecular complexity index is 175. The number of nitrogens with zero attached hydrogens (tertiary/aromatic N) is 1. The molecular weight excluding hydrogens is 178 g/mol. The van der Waals surface area contributed by atoms with Gasteiger partial charge in [-0.05, 0) is 13.8 Å². The summed E-state index contributed by atoms with van der Waals surface area (Å²) in [5, 5.41) is 18.4. The summed E-state index contributed by atoms with van der Waals surface area (Å²) in [6.45, 7) is 4.33. The second-order valence-corrected chi connectivity index (χ2v) is 5.32. The Kier molecular flexibility index (Phi) is 3.22. The van der Waals surface area contributed by atoms with Gasteiger partial charge in [0.1, 0.15) is 0 Å². The van der Waals surface area contributed by atoms with Crippen molar-refractivity contribution in [3.05, 3.63) is 0 Å². The van der Waals surface area contributed by atoms with E-state index in [0.29, 0.717) is 13.1 Å². The number of hydrogen-bond acceptors (Lipinski definition) is 3. The van der Waals surface area contributed by atoms with Crippen molar-refractivity contribution in [1.82, 2.24) is 4.31 Å². The number of aliphatic hydroxyl groups is 2. The van der Waals surface area contributed by atoms with E-state index in [9.17, 15) is 14.4 Å². The van der Waals surface area contributed by atoms with Gasteiger partial charge in [-0.3, -0.25) is 0 Å². The highest BCUT2D eigenvalue weighted by Crippen LogP contribution is 2.14. The first-order chi connectivity index (χ1) is 5.52. The van der Waals surface area contributed by atoms with Crippen molar-refractivity contribution in [2.24, 2.45) is 0 Å². The average molecular weight is 193 g/mol. The van der Waals surface area contributed by atoms with Crippen molar-refractivity contribution in [2.45, 2.75) is 31.3 Å². The van der Waals surface area contributed by atoms with Gasteiger partial charge >= 0.3 is 0 Å². The van der Waals surface area contributed by atoms with Gasteiger partial charge < -0.3 is 10.2 Å². The van der Waals surface area contributed by atoms with Crippen molar-refractivity contribution >= 4 is 11.0 Å². The van der Waals surface area contributed by atoms with Crippen LogP contribution >= 0.6 is 0 Å². The Hall–Kier alpha value is 0.0300. The van der Waals surface area contributed by atoms with Gasteiger partial charge in [-0.1, -0.05) is 0 Å². The van der Waals surface area contributed by atoms with E-state index in [1.807, 2.05) is 13.8 Å². The molecule has 0 radical (unpaired) electrons. The highest BCUT2D eigenvalue weighted by Gasteiger charge is 2.33. The summed E-state index contributed by atoms with van der Waals surface area (Å²) >= 11 is 0. The molecule has 0 aromatic rings. The standard InChI is InChI=1S/C7H15NO3S/c1-5(2)12(11)8-3-6(9)7(10)4-8/h5-7,9-10H,3-4H2,1-2H3/t6-,7+,12?. The molecule has 2 N–H and O–H groups in total. The summed E-state index contributed by atoms with van der Waals surface area (Å²) in [4.78, 5) is 0. The molecule has 1 aliphatic heterocycles. The van der Waals surface area contributed by atoms with Crippen molar-refractivity contribution in [2.75, 3.05) is 13.1 Å². The van der Waals surface area contributed by atoms with E-state index in [1.54, 1.807) is 4.31 Å². The lowest BCUT2D eigenvalue weighted by molar-refractivity contribution is 0.0572. The molecule has 5 heteroatoms. The third kappa shape index (κ3) is 2.04. The van der Waals surface area contributed by atoms with Crippen molar-refractivity contribution < 1.29 is 14.4 Å². The molecule has 12 heavy (non-hydrogen) atoms. The lowest BCUT2D eigenvalue weighted by atomic mass is 10.3. The Morgan fingerprint density at radius 3 is 2.08 bits per heavy atom. The van der Waals surface area contributed by atoms with E-state index in [2.05, 4.69) is 0 Å². The van der Waals surface area contributed by atoms with Gasteiger partial charge in [-0.15, -0.1) is 0 Å². The van der Waals surface area contributed by atoms with E-state index < -0.39 is 23.2 Å². The smallest absolute Gasteiger partial charge is 0.0970 e. The summed E-state index contributed by atoms with van der Waals surface area (Å²) in [6, 6.07) is 0. The highest BCUT2D eigenvalue weighted by molar-refractivity contribution is 7.83. The van der Waals surface area contributed by atoms with Gasteiger partial charge in [0.25, 0.3) is 0 Å². The van der Waals surface area contributed by atoms with E-state index in [-0.39, 0.29) is 5.25 Å². The van der Waals surface area contributed by atoms with Gasteiger partial charge in [-0.2, -0.15) is 0 Å². The first-order valence-corrected chi connectivity index (χ1v) is 5.21. The molecular formula is C7H15NO3S. The normalized spacial score (nSPS) is 34.4. The maximum Gasteiger partial charge on any atom is 0.0970 e. The molecule has 0 bridgehead atoms. The fourth-order valence-corrected chi connectivity index (χ4v) is 2.38. The second-order valence-electron chi connectivity index (χ2n) is 3.31. The molecule has 72 valence electrons. The van der Waals surface area contributed by atoms with Crippen LogP contribution in [0.5, 0.6) is 0 Å². The monoisotopic (exact) mass is 193 g/mol. The SMILES string of the molecule is CC(C)S(=O)N1C[C@@H](O)[C@@H](O)C1. The largest absolute Gasteiger partial charge is 0.389 e. The third-order valence-corrected chi connectivity index (χ3v) is 3.50. The Morgan fingerprint density at radius 2 is 1.75 bits per heavy atom. The number of aliphatic hydroxyl groups excluding tert-OH is 2. The molecule has 1 fully saturated rings. The van der Waals surface area contributed by atoms with Crippen molar-refractivity contribution in [3.8, 4) is 0 Å². The molecule has 0 aromatic heterocycles. The Balaban J connectivity index is 2.52. The van der Waals surface area contributed by atoms with Crippen LogP contribution in [0.1, 0.15) is 13.8 Å². The Morgan fingerprint density at radius 1 is 1.33 bits per heavy atom. The average Bonchev–Trinajstić information content (AvgIpc) is 2.30. The zero-order chi connectivity index (χ0) is 9.30. The summed E-state index contributed by atoms with van der Waals surface area (Å²) in [5.41, 5.74) is 0. The molecule has 1 saturated heterocycles. The summed E-state index contributed by atoms with van der Waals surface area (Å²) in [5.74, 6) is 0. The number of β-amino-alcohol motifs (C(OH)–C–C–N with tert-alkyl or cyclic N) is 2. The summed E-state index contributed by atoms with van der Waals surface area (Å²) in [6.07, 6.45) is -1.49. The van der Waals surface area contributed by atoms with Crippen LogP contribution in [-0.2, 0) is 11.0 Å². The van der Waals surface area contributed by atoms with Crippen LogP contribution in [0.15, 0.2) is 0 Å². The molecule has 3 atom stereocenters. The molecule has 0 spiro atoms. The third-order valence-electron chi connectivity index (χ3n) is 1.88. The van der Waals surface area contributed by atoms with E-state index in [0.717, 1.165) is 0 Å². The van der Waals surface area contributed by atoms with Crippen LogP contribution in [0.3, 0.4) is 0 Å². The lowest BCUT2D eigenvalue weighted by Crippen LogP contribution is -2.29. The van der Waals surface area contributed by atoms with Crippen LogP contribution in [-0.4, -0.2) is 49.3 Å². The van der Waals surface area contributed by atoms with Crippen LogP contribution in [0.4, 0.5) is 0 Å². The predicted octanol–water partition coefficient (Wildman–Crippen LogP) is -0.904. The zero-order valence-electron chi connectivity index (χ0n) is 7.30. The van der Waals surface area contributed by atoms with Gasteiger partial charge in [0.15, 0.2) is 0 Å². The maximum absolute atomic E-state index is 11.5. The molecule has 0 saturated carbocycles. The topological polar surface area (TPSA) is 60.8 Å². The molecule has 1 unspecified atom stereocenters. The lowest BCUT2D eigenvalue weighted by Gasteiger charge is -2.15. The predicted molar refractivity (Wildman–Crippen MR) is 46.9 cm³/mol. The molecule has 0 aromatic carbocycles. The van der Waals surface area contributed by atoms with Gasteiger partial charge in [0.2, 0.25) is 0 Å². The zero-order valence-corrected chi connectivity index (χ0v) is 8.12. The van der Waals surface area contributed by atoms with Crippen molar-refractivity contribution in [3.63, 3.8) is 0 Å². The quantitative estimate of drug-likeness (QED) is 0.597. The minimum atomic E-state index is -1.08. The minimum absolute atomic E-state index is 0.0440. The van der Waals surface area contributed by atoms with Gasteiger partial charge in [0, 0.05) is 18.3 Å². The maximum atomic E-state index is 11.5. The van der Waals surface area contributed by atoms with Gasteiger partial charge in [-0.25, -0.2) is 8.51 Å². The molecule has 4 nitrogen and oxygen atoms in total. The van der Waals surface area contributed by atoms with E-state index in [1.165, 1.54) is 0 Å². The fourth-order valence-electron chi connectivity index (χ4n) is 1.18. The minimum Gasteiger partial charge on any atom is -0.389 e. The molecule has 0 aliphatic carbocycles. The second kappa shape index (κ2) is 3.83.